The average molecular weight is 301 g/mol. The van der Waals surface area contributed by atoms with E-state index in [0.717, 1.165) is 12.0 Å². The number of nitrogens with one attached hydrogen (secondary N) is 1. The monoisotopic (exact) mass is 301 g/mol. The summed E-state index contributed by atoms with van der Waals surface area (Å²) in [6.45, 7) is 1.69. The molecular formula is C16H19N3O3. The molecule has 1 fully saturated rings. The van der Waals surface area contributed by atoms with Gasteiger partial charge in [0.25, 0.3) is 0 Å². The fourth-order valence-corrected chi connectivity index (χ4v) is 2.42. The van der Waals surface area contributed by atoms with Crippen LogP contribution in [-0.4, -0.2) is 35.8 Å². The summed E-state index contributed by atoms with van der Waals surface area (Å²) in [6, 6.07) is 10.0. The van der Waals surface area contributed by atoms with Gasteiger partial charge in [-0.2, -0.15) is 4.98 Å². The molecule has 1 atom stereocenters. The first kappa shape index (κ1) is 14.7. The van der Waals surface area contributed by atoms with Crippen LogP contribution in [0.4, 0.5) is 0 Å². The van der Waals surface area contributed by atoms with E-state index in [2.05, 4.69) is 15.5 Å². The maximum Gasteiger partial charge on any atom is 0.228 e. The molecule has 116 valence electrons. The van der Waals surface area contributed by atoms with Crippen LogP contribution >= 0.6 is 0 Å². The molecule has 6 heteroatoms. The van der Waals surface area contributed by atoms with E-state index in [1.807, 2.05) is 30.3 Å². The van der Waals surface area contributed by atoms with Gasteiger partial charge >= 0.3 is 0 Å². The number of ether oxygens (including phenoxy) is 1. The molecule has 3 rings (SSSR count). The molecule has 1 N–H and O–H groups in total. The summed E-state index contributed by atoms with van der Waals surface area (Å²) in [4.78, 5) is 16.2. The molecule has 1 aromatic heterocycles. The molecule has 0 bridgehead atoms. The Bertz CT molecular complexity index is 606. The van der Waals surface area contributed by atoms with Crippen LogP contribution in [0.3, 0.4) is 0 Å². The lowest BCUT2D eigenvalue weighted by Gasteiger charge is -2.07. The van der Waals surface area contributed by atoms with E-state index in [1.165, 1.54) is 0 Å². The number of nitrogens with zero attached hydrogens (tertiary/aromatic N) is 2. The zero-order valence-corrected chi connectivity index (χ0v) is 12.3. The maximum absolute atomic E-state index is 11.8. The van der Waals surface area contributed by atoms with E-state index < -0.39 is 0 Å². The van der Waals surface area contributed by atoms with Crippen molar-refractivity contribution >= 4 is 5.91 Å². The Morgan fingerprint density at radius 1 is 1.32 bits per heavy atom. The molecule has 22 heavy (non-hydrogen) atoms. The molecule has 1 saturated heterocycles. The topological polar surface area (TPSA) is 77.3 Å². The van der Waals surface area contributed by atoms with E-state index >= 15 is 0 Å². The number of carbonyl (C=O) groups is 1. The average Bonchev–Trinajstić information content (AvgIpc) is 3.20. The van der Waals surface area contributed by atoms with Crippen LogP contribution in [0, 0.1) is 5.92 Å². The molecule has 1 aliphatic rings. The highest BCUT2D eigenvalue weighted by atomic mass is 16.5. The zero-order valence-electron chi connectivity index (χ0n) is 12.3. The third-order valence-corrected chi connectivity index (χ3v) is 3.65. The highest BCUT2D eigenvalue weighted by Crippen LogP contribution is 2.12. The smallest absolute Gasteiger partial charge is 0.228 e. The fraction of sp³-hybridized carbons (Fsp3) is 0.438. The standard InChI is InChI=1S/C16H19N3O3/c20-16(13-7-9-21-11-13)17-8-6-15-18-14(19-22-15)10-12-4-2-1-3-5-12/h1-5,13H,6-11H2,(H,17,20)/t13-/m1/s1. The van der Waals surface area contributed by atoms with Crippen molar-refractivity contribution in [2.75, 3.05) is 19.8 Å². The third-order valence-electron chi connectivity index (χ3n) is 3.65. The number of amides is 1. The quantitative estimate of drug-likeness (QED) is 0.871. The normalized spacial score (nSPS) is 17.5. The van der Waals surface area contributed by atoms with E-state index in [-0.39, 0.29) is 11.8 Å². The summed E-state index contributed by atoms with van der Waals surface area (Å²) in [5, 5.41) is 6.85. The molecule has 0 saturated carbocycles. The summed E-state index contributed by atoms with van der Waals surface area (Å²) in [5.41, 5.74) is 1.14. The van der Waals surface area contributed by atoms with Crippen molar-refractivity contribution in [3.63, 3.8) is 0 Å². The Balaban J connectivity index is 1.44. The molecule has 2 heterocycles. The van der Waals surface area contributed by atoms with Crippen molar-refractivity contribution < 1.29 is 14.1 Å². The summed E-state index contributed by atoms with van der Waals surface area (Å²) in [7, 11) is 0. The van der Waals surface area contributed by atoms with Crippen LogP contribution < -0.4 is 5.32 Å². The van der Waals surface area contributed by atoms with Gasteiger partial charge in [-0.05, 0) is 12.0 Å². The Labute approximate surface area is 128 Å². The van der Waals surface area contributed by atoms with Crippen molar-refractivity contribution in [1.29, 1.82) is 0 Å². The summed E-state index contributed by atoms with van der Waals surface area (Å²) in [5.74, 6) is 1.24. The number of hydrogen-bond donors (Lipinski definition) is 1. The van der Waals surface area contributed by atoms with Crippen LogP contribution in [0.2, 0.25) is 0 Å². The Morgan fingerprint density at radius 2 is 2.18 bits per heavy atom. The van der Waals surface area contributed by atoms with Crippen molar-refractivity contribution in [3.8, 4) is 0 Å². The zero-order chi connectivity index (χ0) is 15.2. The highest BCUT2D eigenvalue weighted by Gasteiger charge is 2.23. The van der Waals surface area contributed by atoms with Crippen molar-refractivity contribution in [2.45, 2.75) is 19.3 Å². The minimum absolute atomic E-state index is 0.0173. The molecule has 6 nitrogen and oxygen atoms in total. The molecule has 1 aliphatic heterocycles. The van der Waals surface area contributed by atoms with E-state index in [0.29, 0.717) is 44.3 Å². The van der Waals surface area contributed by atoms with Gasteiger partial charge in [0, 0.05) is 26.0 Å². The van der Waals surface area contributed by atoms with Crippen LogP contribution in [0.1, 0.15) is 23.7 Å². The molecule has 1 amide bonds. The van der Waals surface area contributed by atoms with Gasteiger partial charge in [-0.1, -0.05) is 35.5 Å². The molecular weight excluding hydrogens is 282 g/mol. The summed E-state index contributed by atoms with van der Waals surface area (Å²) < 4.78 is 10.4. The van der Waals surface area contributed by atoms with Gasteiger partial charge in [0.05, 0.1) is 12.5 Å². The number of aromatic nitrogens is 2. The van der Waals surface area contributed by atoms with E-state index in [9.17, 15) is 4.79 Å². The SMILES string of the molecule is O=C(NCCc1nc(Cc2ccccc2)no1)[C@@H]1CCOC1. The van der Waals surface area contributed by atoms with Gasteiger partial charge in [-0.25, -0.2) is 0 Å². The minimum Gasteiger partial charge on any atom is -0.381 e. The predicted octanol–water partition coefficient (Wildman–Crippen LogP) is 1.36. The first-order chi connectivity index (χ1) is 10.8. The van der Waals surface area contributed by atoms with Gasteiger partial charge in [-0.15, -0.1) is 0 Å². The maximum atomic E-state index is 11.8. The fourth-order valence-electron chi connectivity index (χ4n) is 2.42. The van der Waals surface area contributed by atoms with Crippen molar-refractivity contribution in [1.82, 2.24) is 15.5 Å². The molecule has 0 radical (unpaired) electrons. The number of rotatable bonds is 6. The Morgan fingerprint density at radius 3 is 2.95 bits per heavy atom. The largest absolute Gasteiger partial charge is 0.381 e. The van der Waals surface area contributed by atoms with E-state index in [4.69, 9.17) is 9.26 Å². The van der Waals surface area contributed by atoms with Crippen LogP contribution in [0.25, 0.3) is 0 Å². The van der Waals surface area contributed by atoms with Gasteiger partial charge in [0.2, 0.25) is 11.8 Å². The van der Waals surface area contributed by atoms with Gasteiger partial charge in [0.1, 0.15) is 0 Å². The first-order valence-corrected chi connectivity index (χ1v) is 7.52. The van der Waals surface area contributed by atoms with Crippen molar-refractivity contribution in [2.24, 2.45) is 5.92 Å². The minimum atomic E-state index is -0.0173. The number of carbonyl (C=O) groups excluding carboxylic acids is 1. The lowest BCUT2D eigenvalue weighted by Crippen LogP contribution is -2.32. The predicted molar refractivity (Wildman–Crippen MR) is 79.2 cm³/mol. The van der Waals surface area contributed by atoms with E-state index in [1.54, 1.807) is 0 Å². The molecule has 2 aromatic rings. The lowest BCUT2D eigenvalue weighted by atomic mass is 10.1. The first-order valence-electron chi connectivity index (χ1n) is 7.52. The molecule has 1 aromatic carbocycles. The molecule has 0 spiro atoms. The Hall–Kier alpha value is -2.21. The van der Waals surface area contributed by atoms with Crippen LogP contribution in [-0.2, 0) is 22.4 Å². The second-order valence-corrected chi connectivity index (χ2v) is 5.37. The Kier molecular flexibility index (Phi) is 4.80. The molecule has 0 unspecified atom stereocenters. The lowest BCUT2D eigenvalue weighted by molar-refractivity contribution is -0.124. The number of hydrogen-bond acceptors (Lipinski definition) is 5. The van der Waals surface area contributed by atoms with Gasteiger partial charge in [0.15, 0.2) is 5.82 Å². The van der Waals surface area contributed by atoms with Gasteiger partial charge < -0.3 is 14.6 Å². The van der Waals surface area contributed by atoms with Crippen molar-refractivity contribution in [3.05, 3.63) is 47.6 Å². The third kappa shape index (κ3) is 3.92. The van der Waals surface area contributed by atoms with Gasteiger partial charge in [-0.3, -0.25) is 4.79 Å². The number of benzene rings is 1. The second kappa shape index (κ2) is 7.17. The highest BCUT2D eigenvalue weighted by molar-refractivity contribution is 5.78. The summed E-state index contributed by atoms with van der Waals surface area (Å²) in [6.07, 6.45) is 1.99. The second-order valence-electron chi connectivity index (χ2n) is 5.37. The molecule has 0 aliphatic carbocycles. The van der Waals surface area contributed by atoms with Crippen LogP contribution in [0.5, 0.6) is 0 Å². The van der Waals surface area contributed by atoms with Crippen LogP contribution in [0.15, 0.2) is 34.9 Å². The summed E-state index contributed by atoms with van der Waals surface area (Å²) >= 11 is 0.